The highest BCUT2D eigenvalue weighted by Gasteiger charge is 2.16. The third kappa shape index (κ3) is 3.74. The largest absolute Gasteiger partial charge is 0.484 e. The van der Waals surface area contributed by atoms with E-state index in [-0.39, 0.29) is 23.7 Å². The molecular formula is C10H11N3O5. The number of nitrogens with one attached hydrogen (secondary N) is 1. The Morgan fingerprint density at radius 2 is 2.17 bits per heavy atom. The van der Waals surface area contributed by atoms with Crippen molar-refractivity contribution in [1.29, 1.82) is 0 Å². The van der Waals surface area contributed by atoms with E-state index in [0.29, 0.717) is 0 Å². The van der Waals surface area contributed by atoms with Crippen LogP contribution in [0.15, 0.2) is 18.2 Å². The van der Waals surface area contributed by atoms with E-state index in [1.165, 1.54) is 19.1 Å². The van der Waals surface area contributed by atoms with Crippen LogP contribution in [0.5, 0.6) is 5.75 Å². The van der Waals surface area contributed by atoms with Gasteiger partial charge in [-0.25, -0.2) is 0 Å². The van der Waals surface area contributed by atoms with Crippen molar-refractivity contribution in [3.8, 4) is 5.75 Å². The minimum atomic E-state index is -0.691. The van der Waals surface area contributed by atoms with Crippen molar-refractivity contribution in [2.45, 2.75) is 6.92 Å². The number of amides is 2. The van der Waals surface area contributed by atoms with Crippen LogP contribution in [0.25, 0.3) is 0 Å². The molecule has 0 aromatic heterocycles. The van der Waals surface area contributed by atoms with Crippen molar-refractivity contribution in [3.05, 3.63) is 28.3 Å². The maximum atomic E-state index is 10.9. The molecule has 0 aliphatic rings. The van der Waals surface area contributed by atoms with Crippen LogP contribution in [0, 0.1) is 10.1 Å². The molecule has 8 heteroatoms. The minimum absolute atomic E-state index is 0.0546. The number of primary amides is 1. The van der Waals surface area contributed by atoms with Gasteiger partial charge >= 0.3 is 0 Å². The van der Waals surface area contributed by atoms with E-state index >= 15 is 0 Å². The second-order valence-electron chi connectivity index (χ2n) is 3.37. The fourth-order valence-electron chi connectivity index (χ4n) is 1.20. The summed E-state index contributed by atoms with van der Waals surface area (Å²) in [6, 6.07) is 3.81. The quantitative estimate of drug-likeness (QED) is 0.581. The lowest BCUT2D eigenvalue weighted by atomic mass is 10.2. The van der Waals surface area contributed by atoms with Gasteiger partial charge in [-0.05, 0) is 12.1 Å². The Morgan fingerprint density at radius 1 is 1.50 bits per heavy atom. The van der Waals surface area contributed by atoms with Gasteiger partial charge in [0, 0.05) is 6.92 Å². The third-order valence-corrected chi connectivity index (χ3v) is 1.86. The highest BCUT2D eigenvalue weighted by molar-refractivity contribution is 5.91. The number of carbonyl (C=O) groups is 2. The van der Waals surface area contributed by atoms with Gasteiger partial charge in [0.2, 0.25) is 5.91 Å². The summed E-state index contributed by atoms with van der Waals surface area (Å²) in [4.78, 5) is 31.5. The van der Waals surface area contributed by atoms with Crippen LogP contribution in [-0.4, -0.2) is 23.3 Å². The molecule has 1 rings (SSSR count). The summed E-state index contributed by atoms with van der Waals surface area (Å²) in [5, 5.41) is 13.1. The normalized spacial score (nSPS) is 9.61. The number of ether oxygens (including phenoxy) is 1. The number of hydrogen-bond donors (Lipinski definition) is 2. The van der Waals surface area contributed by atoms with Crippen molar-refractivity contribution in [3.63, 3.8) is 0 Å². The summed E-state index contributed by atoms with van der Waals surface area (Å²) >= 11 is 0. The Hall–Kier alpha value is -2.64. The van der Waals surface area contributed by atoms with Gasteiger partial charge < -0.3 is 15.8 Å². The van der Waals surface area contributed by atoms with Crippen molar-refractivity contribution >= 4 is 23.2 Å². The van der Waals surface area contributed by atoms with Crippen molar-refractivity contribution < 1.29 is 19.2 Å². The van der Waals surface area contributed by atoms with Crippen molar-refractivity contribution in [1.82, 2.24) is 0 Å². The Labute approximate surface area is 102 Å². The first-order chi connectivity index (χ1) is 8.40. The average molecular weight is 253 g/mol. The molecule has 0 saturated carbocycles. The molecule has 0 bridgehead atoms. The first-order valence-electron chi connectivity index (χ1n) is 4.87. The fraction of sp³-hybridized carbons (Fsp3) is 0.200. The number of anilines is 1. The van der Waals surface area contributed by atoms with Crippen LogP contribution in [0.4, 0.5) is 11.4 Å². The molecule has 96 valence electrons. The highest BCUT2D eigenvalue weighted by atomic mass is 16.6. The number of rotatable bonds is 5. The van der Waals surface area contributed by atoms with Gasteiger partial charge in [0.05, 0.1) is 11.0 Å². The Balaban J connectivity index is 2.99. The molecule has 0 aliphatic carbocycles. The van der Waals surface area contributed by atoms with E-state index in [0.717, 1.165) is 6.07 Å². The lowest BCUT2D eigenvalue weighted by Crippen LogP contribution is -2.20. The van der Waals surface area contributed by atoms with Crippen LogP contribution >= 0.6 is 0 Å². The number of nitrogens with two attached hydrogens (primary N) is 1. The van der Waals surface area contributed by atoms with E-state index in [4.69, 9.17) is 10.5 Å². The Kier molecular flexibility index (Phi) is 4.19. The first kappa shape index (κ1) is 13.4. The number of hydrogen-bond acceptors (Lipinski definition) is 5. The van der Waals surface area contributed by atoms with Gasteiger partial charge in [0.25, 0.3) is 11.6 Å². The van der Waals surface area contributed by atoms with Crippen LogP contribution in [0.2, 0.25) is 0 Å². The molecule has 1 aromatic rings. The zero-order valence-electron chi connectivity index (χ0n) is 9.50. The summed E-state index contributed by atoms with van der Waals surface area (Å²) in [6.45, 7) is 0.859. The fourth-order valence-corrected chi connectivity index (χ4v) is 1.20. The predicted octanol–water partition coefficient (Wildman–Crippen LogP) is 0.417. The summed E-state index contributed by atoms with van der Waals surface area (Å²) in [5.41, 5.74) is 4.61. The number of nitrogens with zero attached hydrogens (tertiary/aromatic N) is 1. The summed E-state index contributed by atoms with van der Waals surface area (Å²) in [7, 11) is 0. The van der Waals surface area contributed by atoms with E-state index in [9.17, 15) is 19.7 Å². The topological polar surface area (TPSA) is 125 Å². The standard InChI is InChI=1S/C10H11N3O5/c1-6(14)12-8-3-2-7(18-5-10(11)15)4-9(8)13(16)17/h2-4H,5H2,1H3,(H2,11,15)(H,12,14). The summed E-state index contributed by atoms with van der Waals surface area (Å²) in [6.07, 6.45) is 0. The van der Waals surface area contributed by atoms with Gasteiger partial charge in [-0.3, -0.25) is 19.7 Å². The minimum Gasteiger partial charge on any atom is -0.484 e. The smallest absolute Gasteiger partial charge is 0.296 e. The molecule has 0 atom stereocenters. The van der Waals surface area contributed by atoms with Crippen LogP contribution < -0.4 is 15.8 Å². The molecule has 3 N–H and O–H groups in total. The van der Waals surface area contributed by atoms with E-state index in [1.54, 1.807) is 0 Å². The molecule has 1 aromatic carbocycles. The van der Waals surface area contributed by atoms with Gasteiger partial charge in [0.15, 0.2) is 6.61 Å². The highest BCUT2D eigenvalue weighted by Crippen LogP contribution is 2.28. The van der Waals surface area contributed by atoms with Crippen LogP contribution in [0.1, 0.15) is 6.92 Å². The molecule has 0 heterocycles. The maximum Gasteiger partial charge on any atom is 0.296 e. The molecular weight excluding hydrogens is 242 g/mol. The number of carbonyl (C=O) groups excluding carboxylic acids is 2. The molecule has 0 fully saturated rings. The zero-order valence-corrected chi connectivity index (χ0v) is 9.50. The van der Waals surface area contributed by atoms with E-state index in [1.807, 2.05) is 0 Å². The maximum absolute atomic E-state index is 10.9. The van der Waals surface area contributed by atoms with Gasteiger partial charge in [0.1, 0.15) is 11.4 Å². The number of nitro groups is 1. The number of benzene rings is 1. The van der Waals surface area contributed by atoms with Crippen molar-refractivity contribution in [2.75, 3.05) is 11.9 Å². The molecule has 0 radical (unpaired) electrons. The third-order valence-electron chi connectivity index (χ3n) is 1.86. The molecule has 0 aliphatic heterocycles. The average Bonchev–Trinajstić information content (AvgIpc) is 2.26. The second-order valence-corrected chi connectivity index (χ2v) is 3.37. The second kappa shape index (κ2) is 5.62. The monoisotopic (exact) mass is 253 g/mol. The SMILES string of the molecule is CC(=O)Nc1ccc(OCC(N)=O)cc1[N+](=O)[O-]. The lowest BCUT2D eigenvalue weighted by molar-refractivity contribution is -0.384. The van der Waals surface area contributed by atoms with Crippen LogP contribution in [0.3, 0.4) is 0 Å². The summed E-state index contributed by atoms with van der Waals surface area (Å²) in [5.74, 6) is -0.998. The zero-order chi connectivity index (χ0) is 13.7. The molecule has 18 heavy (non-hydrogen) atoms. The molecule has 0 spiro atoms. The van der Waals surface area contributed by atoms with Crippen LogP contribution in [-0.2, 0) is 9.59 Å². The van der Waals surface area contributed by atoms with Gasteiger partial charge in [-0.2, -0.15) is 0 Å². The Morgan fingerprint density at radius 3 is 2.67 bits per heavy atom. The van der Waals surface area contributed by atoms with Gasteiger partial charge in [-0.1, -0.05) is 0 Å². The molecule has 0 unspecified atom stereocenters. The molecule has 2 amide bonds. The summed E-state index contributed by atoms with van der Waals surface area (Å²) < 4.78 is 4.93. The predicted molar refractivity (Wildman–Crippen MR) is 62.1 cm³/mol. The number of nitro benzene ring substituents is 1. The van der Waals surface area contributed by atoms with Gasteiger partial charge in [-0.15, -0.1) is 0 Å². The molecule has 8 nitrogen and oxygen atoms in total. The Bertz CT molecular complexity index is 500. The van der Waals surface area contributed by atoms with E-state index in [2.05, 4.69) is 5.32 Å². The van der Waals surface area contributed by atoms with E-state index < -0.39 is 16.7 Å². The lowest BCUT2D eigenvalue weighted by Gasteiger charge is -2.07. The molecule has 0 saturated heterocycles. The van der Waals surface area contributed by atoms with Crippen molar-refractivity contribution in [2.24, 2.45) is 5.73 Å². The first-order valence-corrected chi connectivity index (χ1v) is 4.87.